The number of benzene rings is 1. The molecule has 0 bridgehead atoms. The number of carbonyl (C=O) groups excluding carboxylic acids is 6. The quantitative estimate of drug-likeness (QED) is 0.348. The number of methoxy groups -OCH3 is 1. The zero-order chi connectivity index (χ0) is 29.6. The molecule has 40 heavy (non-hydrogen) atoms. The topological polar surface area (TPSA) is 189 Å². The van der Waals surface area contributed by atoms with Crippen LogP contribution in [0.2, 0.25) is 5.02 Å². The first-order valence-electron chi connectivity index (χ1n) is 12.4. The lowest BCUT2D eigenvalue weighted by Crippen LogP contribution is -2.64. The van der Waals surface area contributed by atoms with E-state index in [1.54, 1.807) is 19.1 Å². The van der Waals surface area contributed by atoms with Gasteiger partial charge in [-0.1, -0.05) is 23.7 Å². The number of carbonyl (C=O) groups is 7. The molecule has 0 radical (unpaired) electrons. The molecular weight excluding hydrogens is 552 g/mol. The Kier molecular flexibility index (Phi) is 10.0. The maximum absolute atomic E-state index is 13.3. The Hall–Kier alpha value is -4.20. The van der Waals surface area contributed by atoms with Crippen LogP contribution in [0.15, 0.2) is 18.2 Å². The molecule has 3 N–H and O–H groups in total. The summed E-state index contributed by atoms with van der Waals surface area (Å²) in [7, 11) is 1.11. The van der Waals surface area contributed by atoms with Crippen molar-refractivity contribution in [2.75, 3.05) is 20.3 Å². The molecule has 14 nitrogen and oxygen atoms in total. The van der Waals surface area contributed by atoms with E-state index < -0.39 is 72.7 Å². The van der Waals surface area contributed by atoms with Gasteiger partial charge in [0.25, 0.3) is 5.91 Å². The number of esters is 1. The Morgan fingerprint density at radius 2 is 1.90 bits per heavy atom. The number of hydrogen-bond donors (Lipinski definition) is 3. The number of nitrogens with one attached hydrogen (secondary N) is 2. The fourth-order valence-corrected chi connectivity index (χ4v) is 4.79. The van der Waals surface area contributed by atoms with Crippen molar-refractivity contribution >= 4 is 53.1 Å². The summed E-state index contributed by atoms with van der Waals surface area (Å²) in [6.07, 6.45) is -1.39. The minimum Gasteiger partial charge on any atom is -0.481 e. The zero-order valence-electron chi connectivity index (χ0n) is 21.8. The number of Topliss-reactive ketones (excluding diaryl/α,β-unsaturated/α-hetero) is 1. The Morgan fingerprint density at radius 1 is 1.18 bits per heavy atom. The second kappa shape index (κ2) is 13.2. The van der Waals surface area contributed by atoms with E-state index in [4.69, 9.17) is 16.3 Å². The van der Waals surface area contributed by atoms with Crippen molar-refractivity contribution in [3.05, 3.63) is 34.3 Å². The molecule has 0 aliphatic carbocycles. The summed E-state index contributed by atoms with van der Waals surface area (Å²) >= 11 is 6.05. The van der Waals surface area contributed by atoms with Gasteiger partial charge in [-0.05, 0) is 37.8 Å². The third-order valence-electron chi connectivity index (χ3n) is 6.50. The highest BCUT2D eigenvalue weighted by Crippen LogP contribution is 2.25. The van der Waals surface area contributed by atoms with Crippen molar-refractivity contribution in [2.45, 2.75) is 57.2 Å². The van der Waals surface area contributed by atoms with Crippen LogP contribution in [-0.2, 0) is 33.4 Å². The van der Waals surface area contributed by atoms with Gasteiger partial charge in [0.05, 0.1) is 24.1 Å². The molecule has 4 amide bonds. The predicted octanol–water partition coefficient (Wildman–Crippen LogP) is 0.587. The van der Waals surface area contributed by atoms with E-state index in [1.165, 1.54) is 6.07 Å². The fourth-order valence-electron chi connectivity index (χ4n) is 4.50. The summed E-state index contributed by atoms with van der Waals surface area (Å²) in [6.45, 7) is 0.907. The number of nitrogens with zero attached hydrogens (tertiary/aromatic N) is 2. The number of ether oxygens (including phenoxy) is 2. The second-order valence-corrected chi connectivity index (χ2v) is 9.63. The summed E-state index contributed by atoms with van der Waals surface area (Å²) in [5.41, 5.74) is 0.538. The third-order valence-corrected chi connectivity index (χ3v) is 6.81. The van der Waals surface area contributed by atoms with Crippen LogP contribution in [0.1, 0.15) is 48.0 Å². The van der Waals surface area contributed by atoms with Gasteiger partial charge in [0.15, 0.2) is 12.4 Å². The number of rotatable bonds is 9. The maximum Gasteiger partial charge on any atom is 0.407 e. The number of aliphatic carboxylic acids is 1. The van der Waals surface area contributed by atoms with Gasteiger partial charge in [0.2, 0.25) is 11.8 Å². The molecule has 1 aromatic rings. The molecule has 0 saturated carbocycles. The lowest BCUT2D eigenvalue weighted by molar-refractivity contribution is -0.176. The third kappa shape index (κ3) is 7.05. The molecule has 2 fully saturated rings. The van der Waals surface area contributed by atoms with Gasteiger partial charge in [0.1, 0.15) is 18.1 Å². The lowest BCUT2D eigenvalue weighted by Gasteiger charge is -2.43. The van der Waals surface area contributed by atoms with Crippen molar-refractivity contribution in [2.24, 2.45) is 0 Å². The van der Waals surface area contributed by atoms with Crippen molar-refractivity contribution in [1.29, 1.82) is 0 Å². The fraction of sp³-hybridized carbons (Fsp3) is 0.480. The summed E-state index contributed by atoms with van der Waals surface area (Å²) in [4.78, 5) is 87.9. The van der Waals surface area contributed by atoms with Gasteiger partial charge in [-0.15, -0.1) is 0 Å². The van der Waals surface area contributed by atoms with E-state index in [2.05, 4.69) is 15.4 Å². The number of aryl methyl sites for hydroxylation is 1. The first-order valence-corrected chi connectivity index (χ1v) is 12.8. The second-order valence-electron chi connectivity index (χ2n) is 9.22. The smallest absolute Gasteiger partial charge is 0.407 e. The molecule has 1 aromatic carbocycles. The summed E-state index contributed by atoms with van der Waals surface area (Å²) in [5, 5.41) is 16.2. The predicted molar refractivity (Wildman–Crippen MR) is 136 cm³/mol. The minimum atomic E-state index is -1.61. The normalized spacial score (nSPS) is 19.6. The van der Waals surface area contributed by atoms with Crippen molar-refractivity contribution < 1.29 is 48.1 Å². The monoisotopic (exact) mass is 580 g/mol. The molecule has 3 unspecified atom stereocenters. The molecule has 2 saturated heterocycles. The molecule has 0 aromatic heterocycles. The van der Waals surface area contributed by atoms with Crippen LogP contribution in [0.3, 0.4) is 0 Å². The van der Waals surface area contributed by atoms with E-state index in [0.29, 0.717) is 12.0 Å². The number of halogens is 1. The van der Waals surface area contributed by atoms with Gasteiger partial charge in [-0.2, -0.15) is 0 Å². The van der Waals surface area contributed by atoms with Gasteiger partial charge >= 0.3 is 18.0 Å². The number of fused-ring (bicyclic) bond motifs is 1. The molecule has 3 atom stereocenters. The minimum absolute atomic E-state index is 0.0233. The number of hydrazine groups is 1. The summed E-state index contributed by atoms with van der Waals surface area (Å²) < 4.78 is 9.59. The highest BCUT2D eigenvalue weighted by molar-refractivity contribution is 6.33. The molecule has 2 aliphatic rings. The number of ketones is 1. The van der Waals surface area contributed by atoms with Gasteiger partial charge < -0.3 is 25.2 Å². The summed E-state index contributed by atoms with van der Waals surface area (Å²) in [5.74, 6) is -5.30. The van der Waals surface area contributed by atoms with Crippen LogP contribution in [0.4, 0.5) is 4.79 Å². The van der Waals surface area contributed by atoms with Gasteiger partial charge in [-0.3, -0.25) is 29.0 Å². The average molecular weight is 581 g/mol. The number of alkyl carbamates (subject to hydrolysis) is 1. The van der Waals surface area contributed by atoms with E-state index in [-0.39, 0.29) is 36.4 Å². The molecule has 2 aliphatic heterocycles. The van der Waals surface area contributed by atoms with Crippen LogP contribution < -0.4 is 10.6 Å². The van der Waals surface area contributed by atoms with Crippen molar-refractivity contribution in [3.8, 4) is 0 Å². The average Bonchev–Trinajstić information content (AvgIpc) is 3.02. The molecular formula is C25H29ClN4O10. The first kappa shape index (κ1) is 30.3. The zero-order valence-corrected chi connectivity index (χ0v) is 22.6. The molecule has 15 heteroatoms. The van der Waals surface area contributed by atoms with Crippen molar-refractivity contribution in [3.63, 3.8) is 0 Å². The highest BCUT2D eigenvalue weighted by Gasteiger charge is 2.45. The Balaban J connectivity index is 1.76. The standard InChI is InChI=1S/C25H29ClN4O10/c1-13-5-3-6-14(26)21(13)24(37)40-12-18(31)16(11-20(33)34)27-22(35)17-7-4-10-29-19(32)9-8-15(23(36)30(17)29)28-25(38)39-2/h3,5-6,15-17H,4,7-12H2,1-2H3,(H,27,35)(H,28,38)(H,33,34). The number of carboxylic acids is 1. The Bertz CT molecular complexity index is 1200. The van der Waals surface area contributed by atoms with E-state index >= 15 is 0 Å². The Labute approximate surface area is 233 Å². The van der Waals surface area contributed by atoms with Crippen LogP contribution in [0.25, 0.3) is 0 Å². The molecule has 2 heterocycles. The van der Waals surface area contributed by atoms with Gasteiger partial charge in [-0.25, -0.2) is 14.6 Å². The lowest BCUT2D eigenvalue weighted by atomic mass is 10.0. The van der Waals surface area contributed by atoms with Gasteiger partial charge in [0, 0.05) is 13.0 Å². The summed E-state index contributed by atoms with van der Waals surface area (Å²) in [6, 6.07) is 0.670. The van der Waals surface area contributed by atoms with E-state index in [1.807, 2.05) is 0 Å². The Morgan fingerprint density at radius 3 is 2.55 bits per heavy atom. The first-order chi connectivity index (χ1) is 18.9. The molecule has 3 rings (SSSR count). The molecule has 0 spiro atoms. The maximum atomic E-state index is 13.3. The highest BCUT2D eigenvalue weighted by atomic mass is 35.5. The van der Waals surface area contributed by atoms with Crippen molar-refractivity contribution in [1.82, 2.24) is 20.7 Å². The van der Waals surface area contributed by atoms with Crippen LogP contribution >= 0.6 is 11.6 Å². The van der Waals surface area contributed by atoms with Crippen LogP contribution in [-0.4, -0.2) is 95.0 Å². The number of carboxylic acid groups (broad SMARTS) is 1. The number of hydrogen-bond acceptors (Lipinski definition) is 9. The SMILES string of the molecule is COC(=O)NC1CCC(=O)N2CCCC(C(=O)NC(CC(=O)O)C(=O)COC(=O)c3c(C)cccc3Cl)N2C1=O. The van der Waals surface area contributed by atoms with Crippen LogP contribution in [0.5, 0.6) is 0 Å². The van der Waals surface area contributed by atoms with E-state index in [9.17, 15) is 38.7 Å². The largest absolute Gasteiger partial charge is 0.481 e. The number of amides is 4. The van der Waals surface area contributed by atoms with Crippen LogP contribution in [0, 0.1) is 6.92 Å². The van der Waals surface area contributed by atoms with E-state index in [0.717, 1.165) is 17.1 Å². The molecule has 216 valence electrons.